The number of aldehydes is 1. The number of aromatic nitrogens is 2. The van der Waals surface area contributed by atoms with Gasteiger partial charge in [-0.05, 0) is 40.1 Å². The van der Waals surface area contributed by atoms with Crippen molar-refractivity contribution in [2.24, 2.45) is 4.99 Å². The monoisotopic (exact) mass is 405 g/mol. The highest BCUT2D eigenvalue weighted by molar-refractivity contribution is 7.98. The zero-order valence-corrected chi connectivity index (χ0v) is 17.3. The molecule has 0 saturated carbocycles. The van der Waals surface area contributed by atoms with Crippen molar-refractivity contribution in [3.63, 3.8) is 0 Å². The van der Waals surface area contributed by atoms with Gasteiger partial charge >= 0.3 is 0 Å². The molecule has 0 saturated heterocycles. The standard InChI is InChI=1S/C18H24FN7OS/c1-11(2)26(5)17-15(9-21-18(20)23-17)22-16(10-27)12-6-7-14(13(19)8-12)24-28-25(3)4/h6-11,24H,1-5H3,(H2,20,21,23)/b22-16+. The Balaban J connectivity index is 2.42. The first-order chi connectivity index (χ1) is 13.2. The molecule has 3 N–H and O–H groups in total. The molecule has 8 nitrogen and oxygen atoms in total. The van der Waals surface area contributed by atoms with Crippen LogP contribution in [0.1, 0.15) is 19.4 Å². The predicted octanol–water partition coefficient (Wildman–Crippen LogP) is 2.90. The minimum atomic E-state index is -0.491. The molecule has 0 aliphatic carbocycles. The van der Waals surface area contributed by atoms with Gasteiger partial charge in [0.05, 0.1) is 11.9 Å². The number of nitrogens with two attached hydrogens (primary N) is 1. The number of hydrogen-bond donors (Lipinski definition) is 2. The summed E-state index contributed by atoms with van der Waals surface area (Å²) in [5.41, 5.74) is 6.80. The van der Waals surface area contributed by atoms with Crippen molar-refractivity contribution in [3.8, 4) is 0 Å². The fourth-order valence-electron chi connectivity index (χ4n) is 2.15. The number of hydrogen-bond acceptors (Lipinski definition) is 9. The number of carbonyl (C=O) groups is 1. The number of aliphatic imine (C=N–C) groups is 1. The summed E-state index contributed by atoms with van der Waals surface area (Å²) in [4.78, 5) is 26.1. The van der Waals surface area contributed by atoms with Gasteiger partial charge in [0.1, 0.15) is 17.2 Å². The summed E-state index contributed by atoms with van der Waals surface area (Å²) in [6, 6.07) is 4.56. The lowest BCUT2D eigenvalue weighted by atomic mass is 10.1. The smallest absolute Gasteiger partial charge is 0.222 e. The van der Waals surface area contributed by atoms with Crippen LogP contribution in [0.5, 0.6) is 0 Å². The van der Waals surface area contributed by atoms with Crippen LogP contribution in [0.15, 0.2) is 29.4 Å². The van der Waals surface area contributed by atoms with E-state index in [4.69, 9.17) is 5.73 Å². The van der Waals surface area contributed by atoms with E-state index in [0.717, 1.165) is 0 Å². The van der Waals surface area contributed by atoms with Crippen LogP contribution in [0.2, 0.25) is 0 Å². The molecule has 0 aliphatic rings. The third kappa shape index (κ3) is 5.40. The Morgan fingerprint density at radius 2 is 2.07 bits per heavy atom. The lowest BCUT2D eigenvalue weighted by molar-refractivity contribution is -0.102. The molecule has 2 rings (SSSR count). The maximum atomic E-state index is 14.4. The Labute approximate surface area is 168 Å². The fraction of sp³-hybridized carbons (Fsp3) is 0.333. The molecule has 1 aromatic carbocycles. The molecule has 28 heavy (non-hydrogen) atoms. The number of nitrogen functional groups attached to an aromatic ring is 1. The maximum Gasteiger partial charge on any atom is 0.222 e. The van der Waals surface area contributed by atoms with Gasteiger partial charge in [-0.3, -0.25) is 4.79 Å². The number of carbonyl (C=O) groups excluding carboxylic acids is 1. The van der Waals surface area contributed by atoms with Gasteiger partial charge in [0.15, 0.2) is 12.1 Å². The van der Waals surface area contributed by atoms with Gasteiger partial charge in [0, 0.05) is 30.8 Å². The summed E-state index contributed by atoms with van der Waals surface area (Å²) in [7, 11) is 5.51. The molecule has 0 bridgehead atoms. The highest BCUT2D eigenvalue weighted by Crippen LogP contribution is 2.28. The van der Waals surface area contributed by atoms with Crippen molar-refractivity contribution < 1.29 is 9.18 Å². The number of anilines is 3. The van der Waals surface area contributed by atoms with E-state index in [1.54, 1.807) is 16.4 Å². The molecule has 0 fully saturated rings. The van der Waals surface area contributed by atoms with Crippen molar-refractivity contribution in [2.45, 2.75) is 19.9 Å². The number of nitrogens with one attached hydrogen (secondary N) is 1. The van der Waals surface area contributed by atoms with E-state index in [1.165, 1.54) is 24.4 Å². The van der Waals surface area contributed by atoms with Crippen LogP contribution in [-0.4, -0.2) is 53.5 Å². The molecule has 1 aromatic heterocycles. The minimum absolute atomic E-state index is 0.0671. The molecule has 0 amide bonds. The summed E-state index contributed by atoms with van der Waals surface area (Å²) in [6.45, 7) is 3.97. The summed E-state index contributed by atoms with van der Waals surface area (Å²) >= 11 is 1.24. The second-order valence-corrected chi connectivity index (χ2v) is 7.57. The quantitative estimate of drug-likeness (QED) is 0.393. The first-order valence-corrected chi connectivity index (χ1v) is 9.29. The molecule has 0 spiro atoms. The Kier molecular flexibility index (Phi) is 7.30. The van der Waals surface area contributed by atoms with Crippen LogP contribution in [0.25, 0.3) is 0 Å². The molecule has 2 aromatic rings. The molecule has 0 aliphatic heterocycles. The highest BCUT2D eigenvalue weighted by Gasteiger charge is 2.15. The van der Waals surface area contributed by atoms with Crippen LogP contribution in [-0.2, 0) is 4.79 Å². The fourth-order valence-corrected chi connectivity index (χ4v) is 2.60. The van der Waals surface area contributed by atoms with Crippen molar-refractivity contribution in [2.75, 3.05) is 36.5 Å². The Morgan fingerprint density at radius 1 is 1.36 bits per heavy atom. The Bertz CT molecular complexity index is 873. The molecular formula is C18H24FN7OS. The number of nitrogens with zero attached hydrogens (tertiary/aromatic N) is 5. The molecule has 0 atom stereocenters. The topological polar surface area (TPSA) is 99.7 Å². The second-order valence-electron chi connectivity index (χ2n) is 6.46. The van der Waals surface area contributed by atoms with Gasteiger partial charge in [0.2, 0.25) is 5.95 Å². The third-order valence-electron chi connectivity index (χ3n) is 3.83. The first-order valence-electron chi connectivity index (χ1n) is 8.52. The summed E-state index contributed by atoms with van der Waals surface area (Å²) in [6.07, 6.45) is 2.02. The average molecular weight is 406 g/mol. The number of benzene rings is 1. The number of rotatable bonds is 8. The first kappa shape index (κ1) is 21.6. The van der Waals surface area contributed by atoms with E-state index in [1.807, 2.05) is 39.9 Å². The van der Waals surface area contributed by atoms with E-state index in [-0.39, 0.29) is 17.7 Å². The van der Waals surface area contributed by atoms with Crippen molar-refractivity contribution in [1.29, 1.82) is 0 Å². The zero-order valence-electron chi connectivity index (χ0n) is 16.5. The van der Waals surface area contributed by atoms with E-state index in [2.05, 4.69) is 19.7 Å². The normalized spacial score (nSPS) is 11.8. The minimum Gasteiger partial charge on any atom is -0.368 e. The van der Waals surface area contributed by atoms with E-state index >= 15 is 0 Å². The molecule has 0 unspecified atom stereocenters. The Morgan fingerprint density at radius 3 is 2.64 bits per heavy atom. The average Bonchev–Trinajstić information content (AvgIpc) is 2.65. The van der Waals surface area contributed by atoms with Crippen LogP contribution in [0.4, 0.5) is 27.5 Å². The molecule has 0 radical (unpaired) electrons. The number of halogens is 1. The molecule has 1 heterocycles. The molecular weight excluding hydrogens is 381 g/mol. The lowest BCUT2D eigenvalue weighted by Gasteiger charge is -2.23. The van der Waals surface area contributed by atoms with Gasteiger partial charge in [-0.15, -0.1) is 0 Å². The third-order valence-corrected chi connectivity index (χ3v) is 4.51. The van der Waals surface area contributed by atoms with Gasteiger partial charge in [0.25, 0.3) is 0 Å². The van der Waals surface area contributed by atoms with E-state index in [0.29, 0.717) is 29.0 Å². The van der Waals surface area contributed by atoms with E-state index in [9.17, 15) is 9.18 Å². The Hall–Kier alpha value is -2.72. The van der Waals surface area contributed by atoms with Gasteiger partial charge in [-0.2, -0.15) is 4.98 Å². The van der Waals surface area contributed by atoms with Crippen molar-refractivity contribution >= 4 is 47.3 Å². The second kappa shape index (κ2) is 9.47. The summed E-state index contributed by atoms with van der Waals surface area (Å²) in [5, 5.41) is 0. The predicted molar refractivity (Wildman–Crippen MR) is 114 cm³/mol. The summed E-state index contributed by atoms with van der Waals surface area (Å²) < 4.78 is 19.1. The van der Waals surface area contributed by atoms with Crippen LogP contribution >= 0.6 is 12.1 Å². The van der Waals surface area contributed by atoms with Crippen LogP contribution in [0, 0.1) is 5.82 Å². The van der Waals surface area contributed by atoms with Crippen molar-refractivity contribution in [3.05, 3.63) is 35.8 Å². The largest absolute Gasteiger partial charge is 0.368 e. The van der Waals surface area contributed by atoms with Gasteiger partial charge in [-0.1, -0.05) is 6.07 Å². The zero-order chi connectivity index (χ0) is 20.8. The van der Waals surface area contributed by atoms with Gasteiger partial charge in [-0.25, -0.2) is 18.7 Å². The van der Waals surface area contributed by atoms with Crippen LogP contribution < -0.4 is 15.4 Å². The van der Waals surface area contributed by atoms with Crippen molar-refractivity contribution in [1.82, 2.24) is 14.3 Å². The van der Waals surface area contributed by atoms with Gasteiger partial charge < -0.3 is 15.4 Å². The summed E-state index contributed by atoms with van der Waals surface area (Å²) in [5.74, 6) is 0.103. The lowest BCUT2D eigenvalue weighted by Crippen LogP contribution is -2.27. The SMILES string of the molecule is CC(C)N(C)c1nc(N)ncc1/N=C(\C=O)c1ccc(NSN(C)C)c(F)c1. The van der Waals surface area contributed by atoms with E-state index < -0.39 is 5.82 Å². The molecule has 150 valence electrons. The molecule has 10 heteroatoms. The van der Waals surface area contributed by atoms with Crippen LogP contribution in [0.3, 0.4) is 0 Å². The maximum absolute atomic E-state index is 14.4. The highest BCUT2D eigenvalue weighted by atomic mass is 32.2.